The number of carbonyl (C=O) groups excluding carboxylic acids is 1. The first-order chi connectivity index (χ1) is 8.20. The first-order valence-electron chi connectivity index (χ1n) is 5.96. The molecule has 0 saturated heterocycles. The maximum absolute atomic E-state index is 11.9. The summed E-state index contributed by atoms with van der Waals surface area (Å²) in [6.45, 7) is 7.30. The van der Waals surface area contributed by atoms with Gasteiger partial charge in [0, 0.05) is 26.3 Å². The molecule has 18 heavy (non-hydrogen) atoms. The summed E-state index contributed by atoms with van der Waals surface area (Å²) in [5.41, 5.74) is 1.63. The number of halogens is 1. The highest BCUT2D eigenvalue weighted by Crippen LogP contribution is 2.23. The van der Waals surface area contributed by atoms with Crippen LogP contribution in [-0.2, 0) is 0 Å². The van der Waals surface area contributed by atoms with Crippen molar-refractivity contribution in [1.82, 2.24) is 4.90 Å². The van der Waals surface area contributed by atoms with Crippen molar-refractivity contribution in [2.45, 2.75) is 20.8 Å². The number of nitrogens with zero attached hydrogens (tertiary/aromatic N) is 1. The summed E-state index contributed by atoms with van der Waals surface area (Å²) in [5, 5.41) is 3.80. The normalized spacial score (nSPS) is 11.2. The van der Waals surface area contributed by atoms with Crippen molar-refractivity contribution in [3.8, 4) is 0 Å². The van der Waals surface area contributed by atoms with Crippen LogP contribution in [0.4, 0.5) is 5.69 Å². The third-order valence-corrected chi connectivity index (χ3v) is 2.76. The Morgan fingerprint density at radius 3 is 2.44 bits per heavy atom. The number of hydrogen-bond donors (Lipinski definition) is 1. The van der Waals surface area contributed by atoms with E-state index in [0.29, 0.717) is 10.6 Å². The summed E-state index contributed by atoms with van der Waals surface area (Å²) in [7, 11) is 3.43. The fourth-order valence-electron chi connectivity index (χ4n) is 1.41. The van der Waals surface area contributed by atoms with Crippen molar-refractivity contribution >= 4 is 23.2 Å². The van der Waals surface area contributed by atoms with Gasteiger partial charge in [-0.25, -0.2) is 0 Å². The number of hydrogen-bond acceptors (Lipinski definition) is 2. The molecule has 0 aromatic heterocycles. The molecule has 0 saturated carbocycles. The Balaban J connectivity index is 2.91. The molecule has 0 heterocycles. The summed E-state index contributed by atoms with van der Waals surface area (Å²) in [6, 6.07) is 5.44. The zero-order valence-corrected chi connectivity index (χ0v) is 12.4. The predicted octanol–water partition coefficient (Wildman–Crippen LogP) is 3.50. The Labute approximate surface area is 114 Å². The second-order valence-electron chi connectivity index (χ2n) is 5.81. The number of rotatable bonds is 3. The summed E-state index contributed by atoms with van der Waals surface area (Å²) in [4.78, 5) is 13.5. The average molecular weight is 269 g/mol. The molecule has 0 aliphatic carbocycles. The van der Waals surface area contributed by atoms with E-state index in [2.05, 4.69) is 26.1 Å². The van der Waals surface area contributed by atoms with Crippen LogP contribution in [0.25, 0.3) is 0 Å². The molecule has 1 aromatic rings. The molecule has 1 amide bonds. The fraction of sp³-hybridized carbons (Fsp3) is 0.500. The summed E-state index contributed by atoms with van der Waals surface area (Å²) in [5.74, 6) is -0.0839. The Morgan fingerprint density at radius 1 is 1.33 bits per heavy atom. The van der Waals surface area contributed by atoms with E-state index in [9.17, 15) is 4.79 Å². The van der Waals surface area contributed by atoms with Gasteiger partial charge in [-0.1, -0.05) is 32.4 Å². The van der Waals surface area contributed by atoms with Crippen LogP contribution in [0.3, 0.4) is 0 Å². The number of amides is 1. The Bertz CT molecular complexity index is 436. The number of carbonyl (C=O) groups is 1. The van der Waals surface area contributed by atoms with Crippen LogP contribution in [0, 0.1) is 5.41 Å². The van der Waals surface area contributed by atoms with E-state index in [1.54, 1.807) is 26.2 Å². The van der Waals surface area contributed by atoms with Gasteiger partial charge in [0.05, 0.1) is 10.6 Å². The van der Waals surface area contributed by atoms with E-state index in [1.807, 2.05) is 6.07 Å². The van der Waals surface area contributed by atoms with Crippen molar-refractivity contribution in [2.24, 2.45) is 5.41 Å². The first kappa shape index (κ1) is 14.8. The lowest BCUT2D eigenvalue weighted by atomic mass is 9.97. The summed E-state index contributed by atoms with van der Waals surface area (Å²) < 4.78 is 0. The molecule has 1 N–H and O–H groups in total. The maximum atomic E-state index is 11.9. The van der Waals surface area contributed by atoms with Crippen LogP contribution < -0.4 is 5.32 Å². The zero-order valence-electron chi connectivity index (χ0n) is 11.7. The van der Waals surface area contributed by atoms with Crippen LogP contribution in [0.1, 0.15) is 31.1 Å². The van der Waals surface area contributed by atoms with Gasteiger partial charge in [-0.2, -0.15) is 0 Å². The zero-order chi connectivity index (χ0) is 13.9. The Kier molecular flexibility index (Phi) is 4.63. The molecule has 0 unspecified atom stereocenters. The van der Waals surface area contributed by atoms with Gasteiger partial charge in [0.25, 0.3) is 5.91 Å². The van der Waals surface area contributed by atoms with Gasteiger partial charge in [0.1, 0.15) is 0 Å². The van der Waals surface area contributed by atoms with Gasteiger partial charge in [-0.3, -0.25) is 4.79 Å². The van der Waals surface area contributed by atoms with Gasteiger partial charge >= 0.3 is 0 Å². The van der Waals surface area contributed by atoms with Crippen molar-refractivity contribution in [1.29, 1.82) is 0 Å². The SMILES string of the molecule is CN(C)C(=O)c1cc(NCC(C)(C)C)ccc1Cl. The monoisotopic (exact) mass is 268 g/mol. The molecule has 0 radical (unpaired) electrons. The van der Waals surface area contributed by atoms with E-state index in [-0.39, 0.29) is 11.3 Å². The standard InChI is InChI=1S/C14H21ClN2O/c1-14(2,3)9-16-10-6-7-12(15)11(8-10)13(18)17(4)5/h6-8,16H,9H2,1-5H3. The highest BCUT2D eigenvalue weighted by Gasteiger charge is 2.14. The average Bonchev–Trinajstić information content (AvgIpc) is 2.25. The highest BCUT2D eigenvalue weighted by molar-refractivity contribution is 6.34. The fourth-order valence-corrected chi connectivity index (χ4v) is 1.61. The van der Waals surface area contributed by atoms with Crippen LogP contribution in [0.5, 0.6) is 0 Å². The number of benzene rings is 1. The molecule has 0 bridgehead atoms. The third-order valence-electron chi connectivity index (χ3n) is 2.43. The van der Waals surface area contributed by atoms with Crippen molar-refractivity contribution < 1.29 is 4.79 Å². The van der Waals surface area contributed by atoms with E-state index >= 15 is 0 Å². The Morgan fingerprint density at radius 2 is 1.94 bits per heavy atom. The van der Waals surface area contributed by atoms with Crippen molar-refractivity contribution in [2.75, 3.05) is 26.0 Å². The number of anilines is 1. The summed E-state index contributed by atoms with van der Waals surface area (Å²) >= 11 is 6.05. The lowest BCUT2D eigenvalue weighted by molar-refractivity contribution is 0.0828. The second kappa shape index (κ2) is 5.61. The van der Waals surface area contributed by atoms with Crippen LogP contribution in [0.15, 0.2) is 18.2 Å². The van der Waals surface area contributed by atoms with Crippen molar-refractivity contribution in [3.05, 3.63) is 28.8 Å². The molecule has 1 rings (SSSR count). The van der Waals surface area contributed by atoms with E-state index in [4.69, 9.17) is 11.6 Å². The lowest BCUT2D eigenvalue weighted by Crippen LogP contribution is -2.23. The molecule has 0 atom stereocenters. The van der Waals surface area contributed by atoms with E-state index in [1.165, 1.54) is 4.90 Å². The van der Waals surface area contributed by atoms with Crippen molar-refractivity contribution in [3.63, 3.8) is 0 Å². The predicted molar refractivity (Wildman–Crippen MR) is 77.4 cm³/mol. The molecular weight excluding hydrogens is 248 g/mol. The largest absolute Gasteiger partial charge is 0.384 e. The molecule has 100 valence electrons. The molecular formula is C14H21ClN2O. The molecule has 0 aliphatic rings. The molecule has 1 aromatic carbocycles. The van der Waals surface area contributed by atoms with Gasteiger partial charge in [-0.15, -0.1) is 0 Å². The van der Waals surface area contributed by atoms with Gasteiger partial charge in [-0.05, 0) is 23.6 Å². The second-order valence-corrected chi connectivity index (χ2v) is 6.22. The smallest absolute Gasteiger partial charge is 0.254 e. The third kappa shape index (κ3) is 4.22. The van der Waals surface area contributed by atoms with Crippen LogP contribution >= 0.6 is 11.6 Å². The molecule has 0 fully saturated rings. The van der Waals surface area contributed by atoms with Crippen LogP contribution in [-0.4, -0.2) is 31.4 Å². The quantitative estimate of drug-likeness (QED) is 0.910. The Hall–Kier alpha value is -1.22. The van der Waals surface area contributed by atoms with Gasteiger partial charge in [0.15, 0.2) is 0 Å². The van der Waals surface area contributed by atoms with Gasteiger partial charge < -0.3 is 10.2 Å². The molecule has 4 heteroatoms. The molecule has 0 spiro atoms. The van der Waals surface area contributed by atoms with E-state index < -0.39 is 0 Å². The first-order valence-corrected chi connectivity index (χ1v) is 6.33. The maximum Gasteiger partial charge on any atom is 0.254 e. The van der Waals surface area contributed by atoms with Gasteiger partial charge in [0.2, 0.25) is 0 Å². The minimum Gasteiger partial charge on any atom is -0.384 e. The lowest BCUT2D eigenvalue weighted by Gasteiger charge is -2.20. The van der Waals surface area contributed by atoms with Crippen LogP contribution in [0.2, 0.25) is 5.02 Å². The molecule has 0 aliphatic heterocycles. The minimum atomic E-state index is -0.0839. The number of nitrogens with one attached hydrogen (secondary N) is 1. The summed E-state index contributed by atoms with van der Waals surface area (Å²) in [6.07, 6.45) is 0. The minimum absolute atomic E-state index is 0.0839. The topological polar surface area (TPSA) is 32.3 Å². The molecule has 3 nitrogen and oxygen atoms in total. The highest BCUT2D eigenvalue weighted by atomic mass is 35.5. The van der Waals surface area contributed by atoms with E-state index in [0.717, 1.165) is 12.2 Å².